The summed E-state index contributed by atoms with van der Waals surface area (Å²) in [4.78, 5) is 4.24. The van der Waals surface area contributed by atoms with Crippen molar-refractivity contribution in [1.29, 1.82) is 0 Å². The molecule has 0 unspecified atom stereocenters. The molecule has 0 amide bonds. The predicted molar refractivity (Wildman–Crippen MR) is 103 cm³/mol. The van der Waals surface area contributed by atoms with Crippen molar-refractivity contribution in [3.8, 4) is 11.3 Å². The molecular weight excluding hydrogens is 384 g/mol. The SMILES string of the molecule is Cc1cccn2cc(-c3ccc(NS(=O)(=O)c4ccc(F)c(F)c4)cc3)nc12. The van der Waals surface area contributed by atoms with E-state index in [1.165, 1.54) is 0 Å². The van der Waals surface area contributed by atoms with Crippen LogP contribution in [0.25, 0.3) is 16.9 Å². The number of aromatic nitrogens is 2. The molecule has 0 bridgehead atoms. The van der Waals surface area contributed by atoms with Gasteiger partial charge in [-0.05, 0) is 48.9 Å². The maximum Gasteiger partial charge on any atom is 0.261 e. The minimum absolute atomic E-state index is 0.299. The van der Waals surface area contributed by atoms with E-state index in [2.05, 4.69) is 9.71 Å². The average Bonchev–Trinajstić information content (AvgIpc) is 3.10. The average molecular weight is 399 g/mol. The van der Waals surface area contributed by atoms with Gasteiger partial charge in [0, 0.05) is 23.6 Å². The van der Waals surface area contributed by atoms with E-state index in [9.17, 15) is 17.2 Å². The number of nitrogens with one attached hydrogen (secondary N) is 1. The van der Waals surface area contributed by atoms with Gasteiger partial charge in [-0.3, -0.25) is 4.72 Å². The summed E-state index contributed by atoms with van der Waals surface area (Å²) in [6.45, 7) is 1.97. The number of pyridine rings is 1. The van der Waals surface area contributed by atoms with Gasteiger partial charge in [-0.25, -0.2) is 22.2 Å². The topological polar surface area (TPSA) is 63.5 Å². The van der Waals surface area contributed by atoms with Crippen LogP contribution in [-0.2, 0) is 10.0 Å². The summed E-state index contributed by atoms with van der Waals surface area (Å²) in [5, 5.41) is 0. The van der Waals surface area contributed by atoms with Crippen molar-refractivity contribution in [1.82, 2.24) is 9.38 Å². The number of nitrogens with zero attached hydrogens (tertiary/aromatic N) is 2. The third-order valence-electron chi connectivity index (χ3n) is 4.31. The van der Waals surface area contributed by atoms with E-state index in [4.69, 9.17) is 0 Å². The highest BCUT2D eigenvalue weighted by Crippen LogP contribution is 2.24. The number of sulfonamides is 1. The summed E-state index contributed by atoms with van der Waals surface area (Å²) >= 11 is 0. The Kier molecular flexibility index (Phi) is 4.35. The van der Waals surface area contributed by atoms with Gasteiger partial charge < -0.3 is 4.40 Å². The summed E-state index contributed by atoms with van der Waals surface area (Å²) in [7, 11) is -4.03. The van der Waals surface area contributed by atoms with Crippen molar-refractivity contribution in [2.45, 2.75) is 11.8 Å². The van der Waals surface area contributed by atoms with Gasteiger partial charge in [0.1, 0.15) is 5.65 Å². The Hall–Kier alpha value is -3.26. The molecule has 0 aliphatic heterocycles. The van der Waals surface area contributed by atoms with Gasteiger partial charge in [0.05, 0.1) is 10.6 Å². The van der Waals surface area contributed by atoms with E-state index in [0.717, 1.165) is 34.6 Å². The number of fused-ring (bicyclic) bond motifs is 1. The first kappa shape index (κ1) is 18.1. The van der Waals surface area contributed by atoms with Crippen molar-refractivity contribution in [3.05, 3.63) is 84.2 Å². The standard InChI is InChI=1S/C20H15F2N3O2S/c1-13-3-2-10-25-12-19(23-20(13)25)14-4-6-15(7-5-14)24-28(26,27)16-8-9-17(21)18(22)11-16/h2-12,24H,1H3. The summed E-state index contributed by atoms with van der Waals surface area (Å²) in [6.07, 6.45) is 3.80. The second-order valence-corrected chi connectivity index (χ2v) is 7.99. The second-order valence-electron chi connectivity index (χ2n) is 6.31. The first-order chi connectivity index (χ1) is 13.3. The number of benzene rings is 2. The fraction of sp³-hybridized carbons (Fsp3) is 0.0500. The lowest BCUT2D eigenvalue weighted by Gasteiger charge is -2.09. The van der Waals surface area contributed by atoms with E-state index in [0.29, 0.717) is 11.8 Å². The highest BCUT2D eigenvalue weighted by Gasteiger charge is 2.17. The zero-order valence-electron chi connectivity index (χ0n) is 14.7. The molecule has 1 N–H and O–H groups in total. The molecule has 0 atom stereocenters. The van der Waals surface area contributed by atoms with Crippen LogP contribution in [0, 0.1) is 18.6 Å². The zero-order chi connectivity index (χ0) is 19.9. The van der Waals surface area contributed by atoms with Crippen molar-refractivity contribution in [3.63, 3.8) is 0 Å². The fourth-order valence-electron chi connectivity index (χ4n) is 2.86. The quantitative estimate of drug-likeness (QED) is 0.554. The molecule has 142 valence electrons. The first-order valence-corrected chi connectivity index (χ1v) is 9.84. The minimum atomic E-state index is -4.03. The number of aryl methyl sites for hydroxylation is 1. The van der Waals surface area contributed by atoms with E-state index >= 15 is 0 Å². The number of hydrogen-bond donors (Lipinski definition) is 1. The van der Waals surface area contributed by atoms with Crippen molar-refractivity contribution in [2.24, 2.45) is 0 Å². The van der Waals surface area contributed by atoms with Crippen LogP contribution in [-0.4, -0.2) is 17.8 Å². The summed E-state index contributed by atoms with van der Waals surface area (Å²) in [5.74, 6) is -2.33. The molecule has 2 aromatic heterocycles. The van der Waals surface area contributed by atoms with Gasteiger partial charge in [0.15, 0.2) is 11.6 Å². The number of imidazole rings is 1. The molecule has 2 aromatic carbocycles. The maximum absolute atomic E-state index is 13.3. The molecule has 28 heavy (non-hydrogen) atoms. The largest absolute Gasteiger partial charge is 0.306 e. The summed E-state index contributed by atoms with van der Waals surface area (Å²) in [5.41, 5.74) is 3.77. The minimum Gasteiger partial charge on any atom is -0.306 e. The Morgan fingerprint density at radius 2 is 1.75 bits per heavy atom. The molecule has 0 fully saturated rings. The summed E-state index contributed by atoms with van der Waals surface area (Å²) < 4.78 is 55.3. The van der Waals surface area contributed by atoms with Crippen molar-refractivity contribution < 1.29 is 17.2 Å². The van der Waals surface area contributed by atoms with E-state index in [1.807, 2.05) is 35.9 Å². The normalized spacial score (nSPS) is 11.7. The zero-order valence-corrected chi connectivity index (χ0v) is 15.5. The molecule has 5 nitrogen and oxygen atoms in total. The van der Waals surface area contributed by atoms with Gasteiger partial charge in [-0.2, -0.15) is 0 Å². The van der Waals surface area contributed by atoms with Crippen LogP contribution in [0.2, 0.25) is 0 Å². The maximum atomic E-state index is 13.3. The van der Waals surface area contributed by atoms with Gasteiger partial charge in [0.25, 0.3) is 10.0 Å². The number of hydrogen-bond acceptors (Lipinski definition) is 3. The van der Waals surface area contributed by atoms with Crippen LogP contribution in [0.4, 0.5) is 14.5 Å². The molecule has 0 aliphatic rings. The molecule has 0 aliphatic carbocycles. The van der Waals surface area contributed by atoms with Crippen LogP contribution in [0.5, 0.6) is 0 Å². The highest BCUT2D eigenvalue weighted by molar-refractivity contribution is 7.92. The molecule has 0 saturated carbocycles. The fourth-order valence-corrected chi connectivity index (χ4v) is 3.93. The number of rotatable bonds is 4. The van der Waals surface area contributed by atoms with E-state index in [-0.39, 0.29) is 4.90 Å². The van der Waals surface area contributed by atoms with Gasteiger partial charge >= 0.3 is 0 Å². The van der Waals surface area contributed by atoms with Gasteiger partial charge in [0.2, 0.25) is 0 Å². The Morgan fingerprint density at radius 1 is 1.00 bits per heavy atom. The van der Waals surface area contributed by atoms with Crippen LogP contribution >= 0.6 is 0 Å². The lowest BCUT2D eigenvalue weighted by atomic mass is 10.1. The molecule has 2 heterocycles. The lowest BCUT2D eigenvalue weighted by molar-refractivity contribution is 0.504. The first-order valence-electron chi connectivity index (χ1n) is 8.36. The summed E-state index contributed by atoms with van der Waals surface area (Å²) in [6, 6.07) is 13.0. The van der Waals surface area contributed by atoms with Crippen LogP contribution in [0.3, 0.4) is 0 Å². The Labute approximate surface area is 160 Å². The molecule has 4 rings (SSSR count). The lowest BCUT2D eigenvalue weighted by Crippen LogP contribution is -2.13. The van der Waals surface area contributed by atoms with E-state index < -0.39 is 21.7 Å². The number of halogens is 2. The predicted octanol–water partition coefficient (Wildman–Crippen LogP) is 4.39. The van der Waals surface area contributed by atoms with Crippen LogP contribution in [0.15, 0.2) is 71.9 Å². The molecule has 8 heteroatoms. The Bertz CT molecular complexity index is 1280. The molecule has 0 radical (unpaired) electrons. The number of anilines is 1. The van der Waals surface area contributed by atoms with E-state index in [1.54, 1.807) is 24.3 Å². The van der Waals surface area contributed by atoms with Gasteiger partial charge in [-0.1, -0.05) is 18.2 Å². The van der Waals surface area contributed by atoms with Crippen molar-refractivity contribution >= 4 is 21.4 Å². The van der Waals surface area contributed by atoms with Crippen molar-refractivity contribution in [2.75, 3.05) is 4.72 Å². The van der Waals surface area contributed by atoms with Crippen LogP contribution in [0.1, 0.15) is 5.56 Å². The monoisotopic (exact) mass is 399 g/mol. The third-order valence-corrected chi connectivity index (χ3v) is 5.69. The highest BCUT2D eigenvalue weighted by atomic mass is 32.2. The molecule has 0 saturated heterocycles. The second kappa shape index (κ2) is 6.72. The Balaban J connectivity index is 1.60. The third kappa shape index (κ3) is 3.34. The smallest absolute Gasteiger partial charge is 0.261 e. The van der Waals surface area contributed by atoms with Crippen LogP contribution < -0.4 is 4.72 Å². The molecule has 0 spiro atoms. The Morgan fingerprint density at radius 3 is 2.43 bits per heavy atom. The van der Waals surface area contributed by atoms with Gasteiger partial charge in [-0.15, -0.1) is 0 Å². The molecular formula is C20H15F2N3O2S. The molecule has 4 aromatic rings.